The molecule has 0 aliphatic carbocycles. The van der Waals surface area contributed by atoms with Crippen molar-refractivity contribution in [2.24, 2.45) is 0 Å². The van der Waals surface area contributed by atoms with E-state index in [1.807, 2.05) is 0 Å². The van der Waals surface area contributed by atoms with Crippen LogP contribution in [-0.2, 0) is 10.0 Å². The van der Waals surface area contributed by atoms with Crippen LogP contribution in [0.5, 0.6) is 0 Å². The van der Waals surface area contributed by atoms with Crippen molar-refractivity contribution in [2.75, 3.05) is 12.4 Å². The molecule has 0 aliphatic heterocycles. The van der Waals surface area contributed by atoms with Gasteiger partial charge in [0.2, 0.25) is 0 Å². The minimum Gasteiger partial charge on any atom is -0.388 e. The highest BCUT2D eigenvalue weighted by atomic mass is 32.2. The van der Waals surface area contributed by atoms with Gasteiger partial charge in [-0.1, -0.05) is 18.2 Å². The molecule has 3 N–H and O–H groups in total. The number of rotatable bonds is 5. The molecule has 0 aliphatic rings. The predicted molar refractivity (Wildman–Crippen MR) is 92.5 cm³/mol. The highest BCUT2D eigenvalue weighted by Gasteiger charge is 2.19. The second kappa shape index (κ2) is 6.73. The van der Waals surface area contributed by atoms with Gasteiger partial charge in [0.1, 0.15) is 6.33 Å². The lowest BCUT2D eigenvalue weighted by Gasteiger charge is -2.09. The maximum Gasteiger partial charge on any atom is 0.265 e. The number of benzene rings is 2. The van der Waals surface area contributed by atoms with Crippen LogP contribution in [0, 0.1) is 0 Å². The zero-order valence-electron chi connectivity index (χ0n) is 13.2. The van der Waals surface area contributed by atoms with Gasteiger partial charge in [-0.05, 0) is 30.3 Å². The first-order chi connectivity index (χ1) is 12.0. The average molecular weight is 357 g/mol. The maximum absolute atomic E-state index is 12.4. The van der Waals surface area contributed by atoms with Gasteiger partial charge in [-0.25, -0.2) is 18.1 Å². The van der Waals surface area contributed by atoms with E-state index in [9.17, 15) is 13.2 Å². The molecular weight excluding hydrogens is 342 g/mol. The highest BCUT2D eigenvalue weighted by Crippen LogP contribution is 2.17. The summed E-state index contributed by atoms with van der Waals surface area (Å²) in [5.74, 6) is -0.240. The van der Waals surface area contributed by atoms with Crippen LogP contribution in [0.2, 0.25) is 0 Å². The minimum atomic E-state index is -3.98. The molecule has 0 bridgehead atoms. The normalized spacial score (nSPS) is 11.1. The standard InChI is InChI=1S/C16H15N5O3S/c1-17-13-6-3-7-14(9-13)25(23,24)21-16(22)12-5-2-4-11(8-12)15-18-10-19-20-15/h2-10,17H,1H3,(H,21,22)(H,18,19,20). The molecule has 2 aromatic carbocycles. The van der Waals surface area contributed by atoms with E-state index in [1.165, 1.54) is 30.6 Å². The first-order valence-electron chi connectivity index (χ1n) is 7.30. The van der Waals surface area contributed by atoms with E-state index in [4.69, 9.17) is 0 Å². The van der Waals surface area contributed by atoms with E-state index in [2.05, 4.69) is 25.2 Å². The number of aromatic amines is 1. The number of sulfonamides is 1. The van der Waals surface area contributed by atoms with Crippen LogP contribution in [0.3, 0.4) is 0 Å². The number of carbonyl (C=O) groups excluding carboxylic acids is 1. The Hall–Kier alpha value is -3.20. The summed E-state index contributed by atoms with van der Waals surface area (Å²) in [6.07, 6.45) is 1.35. The van der Waals surface area contributed by atoms with E-state index in [1.54, 1.807) is 31.3 Å². The third kappa shape index (κ3) is 3.66. The fourth-order valence-corrected chi connectivity index (χ4v) is 3.23. The smallest absolute Gasteiger partial charge is 0.265 e. The topological polar surface area (TPSA) is 117 Å². The van der Waals surface area contributed by atoms with Gasteiger partial charge in [-0.2, -0.15) is 5.10 Å². The van der Waals surface area contributed by atoms with Crippen LogP contribution in [0.15, 0.2) is 59.8 Å². The number of amides is 1. The van der Waals surface area contributed by atoms with Crippen LogP contribution < -0.4 is 10.0 Å². The Morgan fingerprint density at radius 1 is 1.12 bits per heavy atom. The minimum absolute atomic E-state index is 0.000843. The van der Waals surface area contributed by atoms with Gasteiger partial charge in [0, 0.05) is 23.9 Å². The van der Waals surface area contributed by atoms with Crippen LogP contribution in [0.4, 0.5) is 5.69 Å². The van der Waals surface area contributed by atoms with E-state index < -0.39 is 15.9 Å². The molecule has 0 unspecified atom stereocenters. The van der Waals surface area contributed by atoms with Gasteiger partial charge < -0.3 is 5.32 Å². The maximum atomic E-state index is 12.4. The molecule has 1 aromatic heterocycles. The first kappa shape index (κ1) is 16.7. The summed E-state index contributed by atoms with van der Waals surface area (Å²) in [7, 11) is -2.30. The van der Waals surface area contributed by atoms with Crippen molar-refractivity contribution in [3.63, 3.8) is 0 Å². The molecule has 1 amide bonds. The molecule has 0 fully saturated rings. The van der Waals surface area contributed by atoms with Gasteiger partial charge in [-0.3, -0.25) is 9.89 Å². The molecule has 0 radical (unpaired) electrons. The third-order valence-corrected chi connectivity index (χ3v) is 4.80. The monoisotopic (exact) mass is 357 g/mol. The quantitative estimate of drug-likeness (QED) is 0.639. The van der Waals surface area contributed by atoms with Crippen molar-refractivity contribution in [1.82, 2.24) is 19.9 Å². The van der Waals surface area contributed by atoms with Crippen molar-refractivity contribution in [3.05, 3.63) is 60.4 Å². The van der Waals surface area contributed by atoms with Crippen molar-refractivity contribution < 1.29 is 13.2 Å². The second-order valence-electron chi connectivity index (χ2n) is 5.13. The molecule has 25 heavy (non-hydrogen) atoms. The summed E-state index contributed by atoms with van der Waals surface area (Å²) in [4.78, 5) is 16.4. The number of hydrogen-bond donors (Lipinski definition) is 3. The number of anilines is 1. The van der Waals surface area contributed by atoms with Crippen molar-refractivity contribution in [2.45, 2.75) is 4.90 Å². The van der Waals surface area contributed by atoms with Crippen molar-refractivity contribution in [3.8, 4) is 11.4 Å². The van der Waals surface area contributed by atoms with Crippen LogP contribution in [-0.4, -0.2) is 36.6 Å². The number of carbonyl (C=O) groups is 1. The van der Waals surface area contributed by atoms with Gasteiger partial charge >= 0.3 is 0 Å². The molecule has 3 rings (SSSR count). The molecule has 3 aromatic rings. The molecule has 0 saturated heterocycles. The first-order valence-corrected chi connectivity index (χ1v) is 8.79. The molecule has 8 nitrogen and oxygen atoms in total. The van der Waals surface area contributed by atoms with Crippen LogP contribution in [0.25, 0.3) is 11.4 Å². The van der Waals surface area contributed by atoms with E-state index >= 15 is 0 Å². The molecular formula is C16H15N5O3S. The Bertz CT molecular complexity index is 1000. The Labute approximate surface area is 144 Å². The Morgan fingerprint density at radius 3 is 2.64 bits per heavy atom. The SMILES string of the molecule is CNc1cccc(S(=O)(=O)NC(=O)c2cccc(-c3ncn[nH]3)c2)c1. The van der Waals surface area contributed by atoms with E-state index in [0.717, 1.165) is 0 Å². The number of hydrogen-bond acceptors (Lipinski definition) is 6. The predicted octanol–water partition coefficient (Wildman–Crippen LogP) is 1.63. The second-order valence-corrected chi connectivity index (χ2v) is 6.81. The molecule has 128 valence electrons. The number of nitrogens with zero attached hydrogens (tertiary/aromatic N) is 2. The number of aromatic nitrogens is 3. The van der Waals surface area contributed by atoms with Gasteiger partial charge in [0.05, 0.1) is 4.90 Å². The summed E-state index contributed by atoms with van der Waals surface area (Å²) in [5.41, 5.74) is 1.45. The van der Waals surface area contributed by atoms with Gasteiger partial charge in [-0.15, -0.1) is 0 Å². The van der Waals surface area contributed by atoms with Gasteiger partial charge in [0.25, 0.3) is 15.9 Å². The summed E-state index contributed by atoms with van der Waals surface area (Å²) in [6.45, 7) is 0. The van der Waals surface area contributed by atoms with E-state index in [-0.39, 0.29) is 10.5 Å². The number of nitrogens with one attached hydrogen (secondary N) is 3. The highest BCUT2D eigenvalue weighted by molar-refractivity contribution is 7.90. The lowest BCUT2D eigenvalue weighted by atomic mass is 10.1. The molecule has 1 heterocycles. The lowest BCUT2D eigenvalue weighted by molar-refractivity contribution is 0.0981. The zero-order chi connectivity index (χ0) is 17.9. The average Bonchev–Trinajstić information content (AvgIpc) is 3.16. The summed E-state index contributed by atoms with van der Waals surface area (Å²) in [5, 5.41) is 9.29. The Morgan fingerprint density at radius 2 is 1.92 bits per heavy atom. The van der Waals surface area contributed by atoms with E-state index in [0.29, 0.717) is 17.1 Å². The largest absolute Gasteiger partial charge is 0.388 e. The Kier molecular flexibility index (Phi) is 4.48. The lowest BCUT2D eigenvalue weighted by Crippen LogP contribution is -2.30. The third-order valence-electron chi connectivity index (χ3n) is 3.47. The summed E-state index contributed by atoms with van der Waals surface area (Å²) >= 11 is 0. The summed E-state index contributed by atoms with van der Waals surface area (Å²) < 4.78 is 26.9. The fraction of sp³-hybridized carbons (Fsp3) is 0.0625. The molecule has 0 spiro atoms. The van der Waals surface area contributed by atoms with Crippen LogP contribution in [0.1, 0.15) is 10.4 Å². The molecule has 0 atom stereocenters. The zero-order valence-corrected chi connectivity index (χ0v) is 14.0. The van der Waals surface area contributed by atoms with Crippen molar-refractivity contribution in [1.29, 1.82) is 0 Å². The Balaban J connectivity index is 1.85. The summed E-state index contributed by atoms with van der Waals surface area (Å²) in [6, 6.07) is 12.6. The fourth-order valence-electron chi connectivity index (χ4n) is 2.21. The van der Waals surface area contributed by atoms with Crippen molar-refractivity contribution >= 4 is 21.6 Å². The van der Waals surface area contributed by atoms with Gasteiger partial charge in [0.15, 0.2) is 5.82 Å². The molecule has 0 saturated carbocycles. The number of H-pyrrole nitrogens is 1. The van der Waals surface area contributed by atoms with Crippen LogP contribution >= 0.6 is 0 Å². The molecule has 9 heteroatoms.